The molecule has 0 amide bonds. The van der Waals surface area contributed by atoms with E-state index >= 15 is 0 Å². The molecule has 5 atom stereocenters. The number of aliphatic hydroxyl groups is 2. The van der Waals surface area contributed by atoms with E-state index in [2.05, 4.69) is 10.0 Å². The Bertz CT molecular complexity index is 383. The maximum absolute atomic E-state index is 10.8. The molecule has 17 heavy (non-hydrogen) atoms. The van der Waals surface area contributed by atoms with Gasteiger partial charge in [0.15, 0.2) is 0 Å². The molecule has 2 rings (SSSR count). The van der Waals surface area contributed by atoms with Gasteiger partial charge in [-0.25, -0.2) is 4.79 Å². The third-order valence-electron chi connectivity index (χ3n) is 2.88. The van der Waals surface area contributed by atoms with Gasteiger partial charge < -0.3 is 24.8 Å². The van der Waals surface area contributed by atoms with E-state index in [1.165, 1.54) is 0 Å². The second kappa shape index (κ2) is 4.13. The molecule has 0 saturated carbocycles. The number of ether oxygens (including phenoxy) is 2. The molecule has 0 bridgehead atoms. The molecule has 2 saturated heterocycles. The van der Waals surface area contributed by atoms with Crippen LogP contribution >= 0.6 is 0 Å². The summed E-state index contributed by atoms with van der Waals surface area (Å²) in [6, 6.07) is 0. The fourth-order valence-electron chi connectivity index (χ4n) is 2.01. The Morgan fingerprint density at radius 1 is 1.59 bits per heavy atom. The summed E-state index contributed by atoms with van der Waals surface area (Å²) in [4.78, 5) is 13.3. The van der Waals surface area contributed by atoms with Gasteiger partial charge in [-0.2, -0.15) is 0 Å². The zero-order valence-corrected chi connectivity index (χ0v) is 8.63. The van der Waals surface area contributed by atoms with Gasteiger partial charge in [0.1, 0.15) is 12.2 Å². The summed E-state index contributed by atoms with van der Waals surface area (Å²) in [7, 11) is 0. The number of azide groups is 1. The van der Waals surface area contributed by atoms with Crippen LogP contribution in [-0.4, -0.2) is 58.0 Å². The predicted molar refractivity (Wildman–Crippen MR) is 50.8 cm³/mol. The lowest BCUT2D eigenvalue weighted by atomic mass is 9.88. The molecular weight excluding hydrogens is 234 g/mol. The van der Waals surface area contributed by atoms with E-state index in [9.17, 15) is 15.0 Å². The molecule has 2 aliphatic heterocycles. The number of aliphatic hydroxyl groups excluding tert-OH is 1. The van der Waals surface area contributed by atoms with E-state index < -0.39 is 42.6 Å². The smallest absolute Gasteiger partial charge is 0.364 e. The van der Waals surface area contributed by atoms with Crippen LogP contribution in [0.15, 0.2) is 5.11 Å². The molecule has 3 N–H and O–H groups in total. The first-order chi connectivity index (χ1) is 7.98. The number of carboxylic acids is 1. The Kier molecular flexibility index (Phi) is 2.94. The summed E-state index contributed by atoms with van der Waals surface area (Å²) < 4.78 is 10.2. The highest BCUT2D eigenvalue weighted by Gasteiger charge is 2.58. The van der Waals surface area contributed by atoms with Crippen molar-refractivity contribution < 1.29 is 29.6 Å². The molecule has 0 spiro atoms. The lowest BCUT2D eigenvalue weighted by molar-refractivity contribution is -0.367. The Morgan fingerprint density at radius 3 is 2.88 bits per heavy atom. The zero-order chi connectivity index (χ0) is 12.6. The van der Waals surface area contributed by atoms with Crippen molar-refractivity contribution in [3.8, 4) is 0 Å². The highest BCUT2D eigenvalue weighted by Crippen LogP contribution is 2.38. The Labute approximate surface area is 95.2 Å². The average Bonchev–Trinajstić information content (AvgIpc) is 2.23. The second-order valence-electron chi connectivity index (χ2n) is 4.00. The fourth-order valence-corrected chi connectivity index (χ4v) is 2.01. The van der Waals surface area contributed by atoms with Crippen LogP contribution in [0.4, 0.5) is 0 Å². The van der Waals surface area contributed by atoms with Crippen molar-refractivity contribution in [2.45, 2.75) is 36.6 Å². The lowest BCUT2D eigenvalue weighted by Crippen LogP contribution is -2.69. The van der Waals surface area contributed by atoms with Gasteiger partial charge >= 0.3 is 5.97 Å². The van der Waals surface area contributed by atoms with Gasteiger partial charge in [0.2, 0.25) is 0 Å². The van der Waals surface area contributed by atoms with Crippen LogP contribution in [0.25, 0.3) is 10.4 Å². The Balaban J connectivity index is 2.08. The Morgan fingerprint density at radius 2 is 2.29 bits per heavy atom. The normalized spacial score (nSPS) is 44.1. The SMILES string of the molecule is [N-]=[N+]=NC[C@H]1O[C@H]2C1O[C@@](O)(C(=O)O)C[C@H]2O. The topological polar surface area (TPSA) is 145 Å². The molecule has 0 radical (unpaired) electrons. The highest BCUT2D eigenvalue weighted by atomic mass is 16.7. The van der Waals surface area contributed by atoms with Crippen LogP contribution in [-0.2, 0) is 14.3 Å². The molecule has 0 aromatic carbocycles. The molecule has 9 heteroatoms. The van der Waals surface area contributed by atoms with E-state index in [1.54, 1.807) is 0 Å². The molecule has 2 heterocycles. The number of fused-ring (bicyclic) bond motifs is 1. The van der Waals surface area contributed by atoms with Crippen LogP contribution in [0.2, 0.25) is 0 Å². The number of carboxylic acid groups (broad SMARTS) is 1. The van der Waals surface area contributed by atoms with Crippen LogP contribution < -0.4 is 0 Å². The highest BCUT2D eigenvalue weighted by molar-refractivity contribution is 5.75. The zero-order valence-electron chi connectivity index (χ0n) is 8.63. The van der Waals surface area contributed by atoms with Crippen molar-refractivity contribution >= 4 is 5.97 Å². The van der Waals surface area contributed by atoms with E-state index in [0.29, 0.717) is 0 Å². The third-order valence-corrected chi connectivity index (χ3v) is 2.88. The average molecular weight is 245 g/mol. The van der Waals surface area contributed by atoms with Crippen LogP contribution in [0.1, 0.15) is 6.42 Å². The van der Waals surface area contributed by atoms with Gasteiger partial charge in [-0.15, -0.1) is 0 Å². The van der Waals surface area contributed by atoms with Gasteiger partial charge in [0.25, 0.3) is 5.79 Å². The largest absolute Gasteiger partial charge is 0.477 e. The summed E-state index contributed by atoms with van der Waals surface area (Å²) >= 11 is 0. The van der Waals surface area contributed by atoms with Crippen molar-refractivity contribution in [3.63, 3.8) is 0 Å². The number of hydrogen-bond donors (Lipinski definition) is 3. The van der Waals surface area contributed by atoms with Gasteiger partial charge in [-0.3, -0.25) is 0 Å². The van der Waals surface area contributed by atoms with E-state index in [-0.39, 0.29) is 6.54 Å². The first-order valence-corrected chi connectivity index (χ1v) is 4.96. The summed E-state index contributed by atoms with van der Waals surface area (Å²) in [5.74, 6) is -3.98. The summed E-state index contributed by atoms with van der Waals surface area (Å²) in [6.07, 6.45) is -3.70. The Hall–Kier alpha value is -1.38. The van der Waals surface area contributed by atoms with E-state index in [1.807, 2.05) is 0 Å². The molecule has 1 unspecified atom stereocenters. The monoisotopic (exact) mass is 245 g/mol. The van der Waals surface area contributed by atoms with Gasteiger partial charge in [0.05, 0.1) is 18.8 Å². The molecule has 9 nitrogen and oxygen atoms in total. The van der Waals surface area contributed by atoms with E-state index in [0.717, 1.165) is 0 Å². The van der Waals surface area contributed by atoms with Crippen molar-refractivity contribution in [3.05, 3.63) is 10.4 Å². The molecule has 2 aliphatic rings. The summed E-state index contributed by atoms with van der Waals surface area (Å²) in [5, 5.41) is 31.3. The van der Waals surface area contributed by atoms with Crippen molar-refractivity contribution in [1.82, 2.24) is 0 Å². The minimum Gasteiger partial charge on any atom is -0.477 e. The second-order valence-corrected chi connectivity index (χ2v) is 4.00. The number of carbonyl (C=O) groups is 1. The maximum atomic E-state index is 10.8. The van der Waals surface area contributed by atoms with Gasteiger partial charge in [-0.1, -0.05) is 5.11 Å². The minimum atomic E-state index is -2.42. The van der Waals surface area contributed by atoms with Crippen molar-refractivity contribution in [2.24, 2.45) is 5.11 Å². The number of aliphatic carboxylic acids is 1. The maximum Gasteiger partial charge on any atom is 0.364 e. The van der Waals surface area contributed by atoms with E-state index in [4.69, 9.17) is 20.1 Å². The van der Waals surface area contributed by atoms with Gasteiger partial charge in [-0.05, 0) is 5.53 Å². The first-order valence-electron chi connectivity index (χ1n) is 4.96. The van der Waals surface area contributed by atoms with Gasteiger partial charge in [0, 0.05) is 11.3 Å². The molecular formula is C8H11N3O6. The predicted octanol–water partition coefficient (Wildman–Crippen LogP) is -1.01. The summed E-state index contributed by atoms with van der Waals surface area (Å²) in [6.45, 7) is -0.0416. The van der Waals surface area contributed by atoms with Crippen molar-refractivity contribution in [2.75, 3.05) is 6.54 Å². The van der Waals surface area contributed by atoms with Crippen LogP contribution in [0, 0.1) is 0 Å². The van der Waals surface area contributed by atoms with Crippen LogP contribution in [0.3, 0.4) is 0 Å². The molecule has 0 aliphatic carbocycles. The molecule has 0 aromatic rings. The number of hydrogen-bond acceptors (Lipinski definition) is 6. The van der Waals surface area contributed by atoms with Crippen molar-refractivity contribution in [1.29, 1.82) is 0 Å². The standard InChI is InChI=1S/C8H11N3O6/c9-11-10-2-4-6-5(16-4)3(12)1-8(15,17-6)7(13)14/h3-6,12,15H,1-2H2,(H,13,14)/t3-,4-,5-,6?,8-/m1/s1. The quantitative estimate of drug-likeness (QED) is 0.330. The number of nitrogens with zero attached hydrogens (tertiary/aromatic N) is 3. The fraction of sp³-hybridized carbons (Fsp3) is 0.875. The summed E-state index contributed by atoms with van der Waals surface area (Å²) in [5.41, 5.74) is 8.14. The molecule has 2 fully saturated rings. The first kappa shape index (κ1) is 12.1. The number of rotatable bonds is 3. The van der Waals surface area contributed by atoms with Crippen LogP contribution in [0.5, 0.6) is 0 Å². The third kappa shape index (κ3) is 1.94. The lowest BCUT2D eigenvalue weighted by Gasteiger charge is -2.52. The molecule has 94 valence electrons. The molecule has 0 aromatic heterocycles. The minimum absolute atomic E-state index is 0.0416.